The number of likely N-dealkylation sites (tertiary alicyclic amines) is 2. The molecule has 176 valence electrons. The van der Waals surface area contributed by atoms with Crippen molar-refractivity contribution in [2.75, 3.05) is 39.8 Å². The van der Waals surface area contributed by atoms with Gasteiger partial charge >= 0.3 is 0 Å². The predicted octanol–water partition coefficient (Wildman–Crippen LogP) is 4.30. The van der Waals surface area contributed by atoms with E-state index >= 15 is 0 Å². The zero-order valence-corrected chi connectivity index (χ0v) is 21.8. The van der Waals surface area contributed by atoms with Crippen molar-refractivity contribution in [2.45, 2.75) is 51.7 Å². The zero-order valence-electron chi connectivity index (χ0n) is 19.5. The highest BCUT2D eigenvalue weighted by atomic mass is 127. The van der Waals surface area contributed by atoms with Gasteiger partial charge in [-0.3, -0.25) is 14.8 Å². The van der Waals surface area contributed by atoms with E-state index < -0.39 is 0 Å². The topological polar surface area (TPSA) is 56.0 Å². The summed E-state index contributed by atoms with van der Waals surface area (Å²) in [6.45, 7) is 9.35. The maximum absolute atomic E-state index is 5.97. The summed E-state index contributed by atoms with van der Waals surface area (Å²) in [6, 6.07) is 13.4. The predicted molar refractivity (Wildman–Crippen MR) is 142 cm³/mol. The molecule has 3 heterocycles. The van der Waals surface area contributed by atoms with E-state index in [1.165, 1.54) is 49.9 Å². The molecular formula is C25H38IN5O. The van der Waals surface area contributed by atoms with Crippen LogP contribution in [0.3, 0.4) is 0 Å². The normalized spacial score (nSPS) is 18.5. The Balaban J connectivity index is 0.00000289. The van der Waals surface area contributed by atoms with Crippen LogP contribution in [0.25, 0.3) is 0 Å². The summed E-state index contributed by atoms with van der Waals surface area (Å²) < 4.78 is 5.97. The summed E-state index contributed by atoms with van der Waals surface area (Å²) in [4.78, 5) is 9.47. The SMILES string of the molecule is CN=C(NCc1ccc(CN2CCCC2)cc1)NCC(c1ccc(C)o1)N1CCCC1.I. The highest BCUT2D eigenvalue weighted by Crippen LogP contribution is 2.26. The van der Waals surface area contributed by atoms with E-state index in [0.717, 1.165) is 50.2 Å². The van der Waals surface area contributed by atoms with Crippen LogP contribution in [-0.4, -0.2) is 55.5 Å². The van der Waals surface area contributed by atoms with Crippen molar-refractivity contribution < 1.29 is 4.42 Å². The standard InChI is InChI=1S/C25H37N5O.HI/c1-20-7-12-24(31-20)23(30-15-5-6-16-30)18-28-25(26-2)27-17-21-8-10-22(11-9-21)19-29-13-3-4-14-29;/h7-12,23H,3-6,13-19H2,1-2H3,(H2,26,27,28);1H. The molecule has 1 atom stereocenters. The maximum atomic E-state index is 5.97. The molecule has 2 aromatic rings. The first-order valence-electron chi connectivity index (χ1n) is 11.8. The molecule has 6 nitrogen and oxygen atoms in total. The van der Waals surface area contributed by atoms with Crippen LogP contribution in [0.15, 0.2) is 45.8 Å². The van der Waals surface area contributed by atoms with Crippen LogP contribution in [0.2, 0.25) is 0 Å². The molecule has 4 rings (SSSR count). The lowest BCUT2D eigenvalue weighted by Gasteiger charge is -2.26. The molecule has 1 aromatic carbocycles. The average molecular weight is 552 g/mol. The van der Waals surface area contributed by atoms with E-state index in [4.69, 9.17) is 4.42 Å². The van der Waals surface area contributed by atoms with Gasteiger partial charge in [-0.15, -0.1) is 24.0 Å². The van der Waals surface area contributed by atoms with E-state index in [0.29, 0.717) is 0 Å². The van der Waals surface area contributed by atoms with Crippen LogP contribution in [0, 0.1) is 6.92 Å². The minimum atomic E-state index is 0. The van der Waals surface area contributed by atoms with E-state index in [1.54, 1.807) is 0 Å². The van der Waals surface area contributed by atoms with Crippen LogP contribution in [-0.2, 0) is 13.1 Å². The number of guanidine groups is 1. The highest BCUT2D eigenvalue weighted by molar-refractivity contribution is 14.0. The highest BCUT2D eigenvalue weighted by Gasteiger charge is 2.26. The zero-order chi connectivity index (χ0) is 21.5. The number of nitrogens with zero attached hydrogens (tertiary/aromatic N) is 3. The Morgan fingerprint density at radius 1 is 0.938 bits per heavy atom. The molecule has 0 amide bonds. The minimum absolute atomic E-state index is 0. The van der Waals surface area contributed by atoms with Gasteiger partial charge < -0.3 is 15.1 Å². The van der Waals surface area contributed by atoms with Crippen molar-refractivity contribution >= 4 is 29.9 Å². The Morgan fingerprint density at radius 3 is 2.22 bits per heavy atom. The molecule has 2 aliphatic heterocycles. The largest absolute Gasteiger partial charge is 0.465 e. The molecule has 1 aromatic heterocycles. The van der Waals surface area contributed by atoms with Crippen molar-refractivity contribution in [2.24, 2.45) is 4.99 Å². The smallest absolute Gasteiger partial charge is 0.191 e. The summed E-state index contributed by atoms with van der Waals surface area (Å²) in [5.41, 5.74) is 2.67. The Labute approximate surface area is 209 Å². The fourth-order valence-corrected chi connectivity index (χ4v) is 4.66. The monoisotopic (exact) mass is 551 g/mol. The molecule has 7 heteroatoms. The molecule has 0 bridgehead atoms. The number of aryl methyl sites for hydroxylation is 1. The van der Waals surface area contributed by atoms with Gasteiger partial charge in [-0.05, 0) is 82.0 Å². The maximum Gasteiger partial charge on any atom is 0.191 e. The summed E-state index contributed by atoms with van der Waals surface area (Å²) in [7, 11) is 1.83. The Morgan fingerprint density at radius 2 is 1.59 bits per heavy atom. The van der Waals surface area contributed by atoms with Crippen molar-refractivity contribution in [3.63, 3.8) is 0 Å². The van der Waals surface area contributed by atoms with Gasteiger partial charge in [0.25, 0.3) is 0 Å². The lowest BCUT2D eigenvalue weighted by atomic mass is 10.1. The Hall–Kier alpha value is -1.58. The summed E-state index contributed by atoms with van der Waals surface area (Å²) in [6.07, 6.45) is 5.20. The third-order valence-corrected chi connectivity index (χ3v) is 6.45. The lowest BCUT2D eigenvalue weighted by Crippen LogP contribution is -2.42. The molecule has 0 radical (unpaired) electrons. The minimum Gasteiger partial charge on any atom is -0.465 e. The summed E-state index contributed by atoms with van der Waals surface area (Å²) in [5.74, 6) is 2.83. The Kier molecular flexibility index (Phi) is 9.87. The third kappa shape index (κ3) is 6.96. The molecule has 0 saturated carbocycles. The van der Waals surface area contributed by atoms with E-state index in [-0.39, 0.29) is 30.0 Å². The lowest BCUT2D eigenvalue weighted by molar-refractivity contribution is 0.213. The molecule has 0 aliphatic carbocycles. The van der Waals surface area contributed by atoms with Gasteiger partial charge in [0.15, 0.2) is 5.96 Å². The third-order valence-electron chi connectivity index (χ3n) is 6.45. The van der Waals surface area contributed by atoms with Gasteiger partial charge in [0, 0.05) is 26.7 Å². The van der Waals surface area contributed by atoms with Crippen molar-refractivity contribution in [3.05, 3.63) is 59.0 Å². The number of benzene rings is 1. The van der Waals surface area contributed by atoms with Gasteiger partial charge in [-0.1, -0.05) is 24.3 Å². The fourth-order valence-electron chi connectivity index (χ4n) is 4.66. The molecule has 0 spiro atoms. The van der Waals surface area contributed by atoms with Gasteiger partial charge in [0.05, 0.1) is 6.04 Å². The number of rotatable bonds is 8. The van der Waals surface area contributed by atoms with Gasteiger partial charge in [0.2, 0.25) is 0 Å². The van der Waals surface area contributed by atoms with Crippen LogP contribution in [0.1, 0.15) is 54.4 Å². The van der Waals surface area contributed by atoms with Gasteiger partial charge in [0.1, 0.15) is 11.5 Å². The van der Waals surface area contributed by atoms with Crippen LogP contribution < -0.4 is 10.6 Å². The van der Waals surface area contributed by atoms with Gasteiger partial charge in [-0.25, -0.2) is 0 Å². The average Bonchev–Trinajstić information content (AvgIpc) is 3.56. The van der Waals surface area contributed by atoms with Crippen molar-refractivity contribution in [1.29, 1.82) is 0 Å². The number of halogens is 1. The number of furan rings is 1. The number of nitrogens with one attached hydrogen (secondary N) is 2. The molecule has 2 fully saturated rings. The first-order chi connectivity index (χ1) is 15.2. The first kappa shape index (κ1) is 25.1. The van der Waals surface area contributed by atoms with E-state index in [1.807, 2.05) is 14.0 Å². The number of hydrogen-bond donors (Lipinski definition) is 2. The Bertz CT molecular complexity index is 838. The number of aliphatic imine (C=N–C) groups is 1. The van der Waals surface area contributed by atoms with Crippen LogP contribution in [0.5, 0.6) is 0 Å². The second kappa shape index (κ2) is 12.6. The van der Waals surface area contributed by atoms with E-state index in [9.17, 15) is 0 Å². The van der Waals surface area contributed by atoms with Crippen LogP contribution >= 0.6 is 24.0 Å². The molecule has 2 N–H and O–H groups in total. The molecule has 2 saturated heterocycles. The molecule has 2 aliphatic rings. The second-order valence-corrected chi connectivity index (χ2v) is 8.81. The number of hydrogen-bond acceptors (Lipinski definition) is 4. The summed E-state index contributed by atoms with van der Waals surface area (Å²) >= 11 is 0. The molecule has 1 unspecified atom stereocenters. The quantitative estimate of drug-likeness (QED) is 0.291. The fraction of sp³-hybridized carbons (Fsp3) is 0.560. The van der Waals surface area contributed by atoms with Crippen LogP contribution in [0.4, 0.5) is 0 Å². The summed E-state index contributed by atoms with van der Waals surface area (Å²) in [5, 5.41) is 6.97. The first-order valence-corrected chi connectivity index (χ1v) is 11.8. The van der Waals surface area contributed by atoms with E-state index in [2.05, 4.69) is 61.8 Å². The van der Waals surface area contributed by atoms with Crippen molar-refractivity contribution in [3.8, 4) is 0 Å². The van der Waals surface area contributed by atoms with Crippen molar-refractivity contribution in [1.82, 2.24) is 20.4 Å². The molecule has 32 heavy (non-hydrogen) atoms. The molecular weight excluding hydrogens is 513 g/mol. The van der Waals surface area contributed by atoms with Gasteiger partial charge in [-0.2, -0.15) is 0 Å². The second-order valence-electron chi connectivity index (χ2n) is 8.81.